The molecule has 0 radical (unpaired) electrons. The van der Waals surface area contributed by atoms with Gasteiger partial charge in [0.15, 0.2) is 0 Å². The molecule has 1 aliphatic heterocycles. The third kappa shape index (κ3) is 2.49. The molecule has 0 fully saturated rings. The third-order valence-electron chi connectivity index (χ3n) is 2.12. The second-order valence-corrected chi connectivity index (χ2v) is 3.11. The lowest BCUT2D eigenvalue weighted by atomic mass is 10.0. The summed E-state index contributed by atoms with van der Waals surface area (Å²) in [5.74, 6) is 0.704. The summed E-state index contributed by atoms with van der Waals surface area (Å²) in [5, 5.41) is 0. The van der Waals surface area contributed by atoms with Crippen LogP contribution in [0.2, 0.25) is 0 Å². The zero-order chi connectivity index (χ0) is 8.10. The number of aliphatic imine (C=N–C) groups is 1. The topological polar surface area (TPSA) is 12.4 Å². The molecule has 1 heteroatoms. The van der Waals surface area contributed by atoms with E-state index in [-0.39, 0.29) is 0 Å². The van der Waals surface area contributed by atoms with E-state index in [0.29, 0.717) is 5.92 Å². The van der Waals surface area contributed by atoms with Crippen LogP contribution in [0.3, 0.4) is 0 Å². The fraction of sp³-hybridized carbons (Fsp3) is 0.700. The predicted octanol–water partition coefficient (Wildman–Crippen LogP) is 2.82. The third-order valence-corrected chi connectivity index (χ3v) is 2.12. The predicted molar refractivity (Wildman–Crippen MR) is 50.1 cm³/mol. The van der Waals surface area contributed by atoms with Crippen molar-refractivity contribution in [1.29, 1.82) is 0 Å². The molecule has 0 N–H and O–H groups in total. The molecule has 1 atom stereocenters. The zero-order valence-electron chi connectivity index (χ0n) is 7.51. The Kier molecular flexibility index (Phi) is 3.34. The van der Waals surface area contributed by atoms with Crippen LogP contribution in [0.15, 0.2) is 17.1 Å². The molecule has 1 unspecified atom stereocenters. The second kappa shape index (κ2) is 4.32. The van der Waals surface area contributed by atoms with Gasteiger partial charge in [-0.25, -0.2) is 0 Å². The fourth-order valence-electron chi connectivity index (χ4n) is 1.28. The van der Waals surface area contributed by atoms with Gasteiger partial charge in [0.05, 0.1) is 0 Å². The average molecular weight is 151 g/mol. The van der Waals surface area contributed by atoms with Gasteiger partial charge in [-0.15, -0.1) is 0 Å². The summed E-state index contributed by atoms with van der Waals surface area (Å²) in [7, 11) is 0. The van der Waals surface area contributed by atoms with Gasteiger partial charge >= 0.3 is 0 Å². The lowest BCUT2D eigenvalue weighted by molar-refractivity contribution is 0.634. The fourth-order valence-corrected chi connectivity index (χ4v) is 1.28. The van der Waals surface area contributed by atoms with E-state index in [2.05, 4.69) is 31.0 Å². The van der Waals surface area contributed by atoms with E-state index in [9.17, 15) is 0 Å². The quantitative estimate of drug-likeness (QED) is 0.588. The van der Waals surface area contributed by atoms with Crippen molar-refractivity contribution in [3.05, 3.63) is 12.2 Å². The van der Waals surface area contributed by atoms with Crippen molar-refractivity contribution in [2.75, 3.05) is 6.54 Å². The van der Waals surface area contributed by atoms with Gasteiger partial charge in [-0.1, -0.05) is 26.3 Å². The second-order valence-electron chi connectivity index (χ2n) is 3.11. The van der Waals surface area contributed by atoms with Crippen molar-refractivity contribution in [2.24, 2.45) is 10.9 Å². The first-order valence-electron chi connectivity index (χ1n) is 4.58. The lowest BCUT2D eigenvalue weighted by Crippen LogP contribution is -2.08. The van der Waals surface area contributed by atoms with Gasteiger partial charge in [0.2, 0.25) is 0 Å². The average Bonchev–Trinajstić information content (AvgIpc) is 2.07. The van der Waals surface area contributed by atoms with Crippen LogP contribution in [-0.4, -0.2) is 12.3 Å². The summed E-state index contributed by atoms with van der Waals surface area (Å²) in [5.41, 5.74) is 1.29. The Hall–Kier alpha value is -0.590. The standard InChI is InChI=1S/C10H17N/c1-3-5-10-7-6-9(4-2)8-11-10/h6-7,9H,3-5,8H2,1-2H3. The van der Waals surface area contributed by atoms with Crippen LogP contribution in [0.25, 0.3) is 0 Å². The summed E-state index contributed by atoms with van der Waals surface area (Å²) in [6.07, 6.45) is 8.07. The highest BCUT2D eigenvalue weighted by molar-refractivity contribution is 5.95. The molecule has 0 aromatic rings. The Balaban J connectivity index is 2.39. The number of dihydropyridines is 1. The Morgan fingerprint density at radius 1 is 1.55 bits per heavy atom. The van der Waals surface area contributed by atoms with Crippen LogP contribution in [0.1, 0.15) is 33.1 Å². The van der Waals surface area contributed by atoms with Crippen molar-refractivity contribution in [2.45, 2.75) is 33.1 Å². The molecule has 11 heavy (non-hydrogen) atoms. The van der Waals surface area contributed by atoms with Gasteiger partial charge in [0, 0.05) is 12.3 Å². The van der Waals surface area contributed by atoms with Crippen LogP contribution in [0.4, 0.5) is 0 Å². The molecule has 1 nitrogen and oxygen atoms in total. The highest BCUT2D eigenvalue weighted by atomic mass is 14.7. The van der Waals surface area contributed by atoms with Crippen LogP contribution < -0.4 is 0 Å². The first-order valence-corrected chi connectivity index (χ1v) is 4.58. The Bertz CT molecular complexity index is 168. The Labute approximate surface area is 69.2 Å². The van der Waals surface area contributed by atoms with Gasteiger partial charge in [-0.05, 0) is 24.8 Å². The van der Waals surface area contributed by atoms with E-state index in [1.165, 1.54) is 18.6 Å². The molecule has 0 saturated heterocycles. The van der Waals surface area contributed by atoms with Crippen LogP contribution >= 0.6 is 0 Å². The highest BCUT2D eigenvalue weighted by Gasteiger charge is 2.05. The van der Waals surface area contributed by atoms with Crippen LogP contribution in [0, 0.1) is 5.92 Å². The summed E-state index contributed by atoms with van der Waals surface area (Å²) in [4.78, 5) is 4.50. The largest absolute Gasteiger partial charge is 0.289 e. The minimum atomic E-state index is 0.704. The smallest absolute Gasteiger partial charge is 0.0455 e. The van der Waals surface area contributed by atoms with E-state index in [4.69, 9.17) is 0 Å². The van der Waals surface area contributed by atoms with Crippen molar-refractivity contribution in [1.82, 2.24) is 0 Å². The van der Waals surface area contributed by atoms with E-state index >= 15 is 0 Å². The van der Waals surface area contributed by atoms with Gasteiger partial charge in [0.25, 0.3) is 0 Å². The number of allylic oxidation sites excluding steroid dienone is 1. The van der Waals surface area contributed by atoms with Crippen molar-refractivity contribution in [3.63, 3.8) is 0 Å². The van der Waals surface area contributed by atoms with Crippen molar-refractivity contribution < 1.29 is 0 Å². The molecule has 0 aromatic heterocycles. The Morgan fingerprint density at radius 2 is 2.36 bits per heavy atom. The molecule has 1 heterocycles. The molecular formula is C10H17N. The molecule has 0 bridgehead atoms. The molecule has 0 spiro atoms. The van der Waals surface area contributed by atoms with E-state index in [1.54, 1.807) is 0 Å². The molecular weight excluding hydrogens is 134 g/mol. The van der Waals surface area contributed by atoms with Crippen LogP contribution in [-0.2, 0) is 0 Å². The van der Waals surface area contributed by atoms with Crippen molar-refractivity contribution >= 4 is 5.71 Å². The Morgan fingerprint density at radius 3 is 2.82 bits per heavy atom. The summed E-state index contributed by atoms with van der Waals surface area (Å²) < 4.78 is 0. The first kappa shape index (κ1) is 8.51. The molecule has 0 aromatic carbocycles. The molecule has 1 aliphatic rings. The summed E-state index contributed by atoms with van der Waals surface area (Å²) >= 11 is 0. The van der Waals surface area contributed by atoms with E-state index in [1.807, 2.05) is 0 Å². The summed E-state index contributed by atoms with van der Waals surface area (Å²) in [6.45, 7) is 5.43. The molecule has 1 rings (SSSR count). The minimum absolute atomic E-state index is 0.704. The minimum Gasteiger partial charge on any atom is -0.289 e. The maximum absolute atomic E-state index is 4.50. The monoisotopic (exact) mass is 151 g/mol. The first-order chi connectivity index (χ1) is 5.36. The molecule has 0 saturated carbocycles. The van der Waals surface area contributed by atoms with Crippen molar-refractivity contribution in [3.8, 4) is 0 Å². The van der Waals surface area contributed by atoms with Gasteiger partial charge in [-0.3, -0.25) is 4.99 Å². The van der Waals surface area contributed by atoms with Gasteiger partial charge in [0.1, 0.15) is 0 Å². The van der Waals surface area contributed by atoms with E-state index in [0.717, 1.165) is 13.0 Å². The molecule has 62 valence electrons. The zero-order valence-corrected chi connectivity index (χ0v) is 7.51. The number of hydrogen-bond donors (Lipinski definition) is 0. The summed E-state index contributed by atoms with van der Waals surface area (Å²) in [6, 6.07) is 0. The number of nitrogens with zero attached hydrogens (tertiary/aromatic N) is 1. The maximum Gasteiger partial charge on any atom is 0.0455 e. The SMILES string of the molecule is CCCC1=NCC(CC)C=C1. The highest BCUT2D eigenvalue weighted by Crippen LogP contribution is 2.11. The van der Waals surface area contributed by atoms with Gasteiger partial charge in [-0.2, -0.15) is 0 Å². The molecule has 0 aliphatic carbocycles. The van der Waals surface area contributed by atoms with Crippen LogP contribution in [0.5, 0.6) is 0 Å². The number of hydrogen-bond acceptors (Lipinski definition) is 1. The van der Waals surface area contributed by atoms with Gasteiger partial charge < -0.3 is 0 Å². The molecule has 0 amide bonds. The normalized spacial score (nSPS) is 23.5. The number of rotatable bonds is 3. The maximum atomic E-state index is 4.50. The van der Waals surface area contributed by atoms with E-state index < -0.39 is 0 Å². The lowest BCUT2D eigenvalue weighted by Gasteiger charge is -2.12.